The van der Waals surface area contributed by atoms with E-state index >= 15 is 0 Å². The Balaban J connectivity index is 3.52. The van der Waals surface area contributed by atoms with Gasteiger partial charge in [-0.3, -0.25) is 4.79 Å². The van der Waals surface area contributed by atoms with E-state index in [1.54, 1.807) is 0 Å². The van der Waals surface area contributed by atoms with Gasteiger partial charge in [-0.25, -0.2) is 13.1 Å². The Bertz CT molecular complexity index is 317. The van der Waals surface area contributed by atoms with Crippen LogP contribution in [0.4, 0.5) is 0 Å². The van der Waals surface area contributed by atoms with Crippen molar-refractivity contribution in [3.8, 4) is 0 Å². The van der Waals surface area contributed by atoms with Crippen LogP contribution in [0, 0.1) is 0 Å². The number of hydrogen-bond acceptors (Lipinski definition) is 4. The molecular formula is C10H23N3O3S. The van der Waals surface area contributed by atoms with Crippen molar-refractivity contribution in [3.05, 3.63) is 0 Å². The highest BCUT2D eigenvalue weighted by atomic mass is 32.2. The third kappa shape index (κ3) is 11.6. The zero-order valence-corrected chi connectivity index (χ0v) is 11.3. The van der Waals surface area contributed by atoms with E-state index in [1.165, 1.54) is 0 Å². The third-order valence-corrected chi connectivity index (χ3v) is 2.88. The predicted molar refractivity (Wildman–Crippen MR) is 68.0 cm³/mol. The highest BCUT2D eigenvalue weighted by Crippen LogP contribution is 1.97. The monoisotopic (exact) mass is 265 g/mol. The maximum absolute atomic E-state index is 11.4. The van der Waals surface area contributed by atoms with Crippen molar-refractivity contribution >= 4 is 15.9 Å². The Labute approximate surface area is 103 Å². The average molecular weight is 265 g/mol. The van der Waals surface area contributed by atoms with E-state index in [-0.39, 0.29) is 11.9 Å². The summed E-state index contributed by atoms with van der Waals surface area (Å²) in [4.78, 5) is 11.4. The van der Waals surface area contributed by atoms with Crippen molar-refractivity contribution in [1.82, 2.24) is 10.0 Å². The molecule has 0 spiro atoms. The van der Waals surface area contributed by atoms with Gasteiger partial charge in [-0.15, -0.1) is 0 Å². The molecule has 0 saturated heterocycles. The molecule has 0 aliphatic heterocycles. The Morgan fingerprint density at radius 2 is 2.00 bits per heavy atom. The summed E-state index contributed by atoms with van der Waals surface area (Å²) in [6.07, 6.45) is 3.81. The van der Waals surface area contributed by atoms with E-state index in [1.807, 2.05) is 6.92 Å². The van der Waals surface area contributed by atoms with Gasteiger partial charge in [0.1, 0.15) is 0 Å². The maximum atomic E-state index is 11.4. The van der Waals surface area contributed by atoms with E-state index in [2.05, 4.69) is 10.0 Å². The molecule has 1 amide bonds. The third-order valence-electron chi connectivity index (χ3n) is 2.15. The summed E-state index contributed by atoms with van der Waals surface area (Å²) in [5.74, 6) is -0.0784. The minimum atomic E-state index is -3.13. The lowest BCUT2D eigenvalue weighted by Crippen LogP contribution is -2.33. The SMILES string of the molecule is CCCC(N)CC(=O)NCCCNS(C)(=O)=O. The molecule has 4 N–H and O–H groups in total. The number of carbonyl (C=O) groups is 1. The van der Waals surface area contributed by atoms with Crippen molar-refractivity contribution in [2.24, 2.45) is 5.73 Å². The minimum Gasteiger partial charge on any atom is -0.356 e. The Morgan fingerprint density at radius 3 is 2.53 bits per heavy atom. The zero-order chi connectivity index (χ0) is 13.3. The molecule has 1 unspecified atom stereocenters. The number of carbonyl (C=O) groups excluding carboxylic acids is 1. The van der Waals surface area contributed by atoms with Gasteiger partial charge in [0.15, 0.2) is 0 Å². The first-order chi connectivity index (χ1) is 7.85. The lowest BCUT2D eigenvalue weighted by atomic mass is 10.1. The second-order valence-electron chi connectivity index (χ2n) is 4.12. The van der Waals surface area contributed by atoms with Crippen LogP contribution in [-0.4, -0.2) is 39.7 Å². The summed E-state index contributed by atoms with van der Waals surface area (Å²) in [5, 5.41) is 2.70. The van der Waals surface area contributed by atoms with Crippen LogP contribution in [0.3, 0.4) is 0 Å². The van der Waals surface area contributed by atoms with Crippen molar-refractivity contribution in [2.75, 3.05) is 19.3 Å². The largest absolute Gasteiger partial charge is 0.356 e. The summed E-state index contributed by atoms with van der Waals surface area (Å²) < 4.78 is 23.8. The molecule has 102 valence electrons. The molecule has 0 aromatic heterocycles. The van der Waals surface area contributed by atoms with Crippen LogP contribution in [0.1, 0.15) is 32.6 Å². The van der Waals surface area contributed by atoms with Crippen LogP contribution in [0.2, 0.25) is 0 Å². The van der Waals surface area contributed by atoms with Crippen LogP contribution < -0.4 is 15.8 Å². The van der Waals surface area contributed by atoms with E-state index in [9.17, 15) is 13.2 Å². The summed E-state index contributed by atoms with van der Waals surface area (Å²) in [5.41, 5.74) is 5.72. The van der Waals surface area contributed by atoms with Gasteiger partial charge in [0.05, 0.1) is 6.26 Å². The lowest BCUT2D eigenvalue weighted by Gasteiger charge is -2.10. The van der Waals surface area contributed by atoms with E-state index in [0.29, 0.717) is 25.9 Å². The first-order valence-electron chi connectivity index (χ1n) is 5.82. The lowest BCUT2D eigenvalue weighted by molar-refractivity contribution is -0.121. The minimum absolute atomic E-state index is 0.0784. The number of sulfonamides is 1. The maximum Gasteiger partial charge on any atom is 0.221 e. The second-order valence-corrected chi connectivity index (χ2v) is 5.96. The summed E-state index contributed by atoms with van der Waals surface area (Å²) in [6.45, 7) is 2.81. The number of amides is 1. The molecule has 0 aromatic rings. The second kappa shape index (κ2) is 8.43. The van der Waals surface area contributed by atoms with E-state index in [4.69, 9.17) is 5.73 Å². The van der Waals surface area contributed by atoms with Gasteiger partial charge in [-0.2, -0.15) is 0 Å². The highest BCUT2D eigenvalue weighted by Gasteiger charge is 2.07. The fraction of sp³-hybridized carbons (Fsp3) is 0.900. The molecule has 0 saturated carbocycles. The van der Waals surface area contributed by atoms with Crippen LogP contribution >= 0.6 is 0 Å². The van der Waals surface area contributed by atoms with Gasteiger partial charge in [0.2, 0.25) is 15.9 Å². The van der Waals surface area contributed by atoms with E-state index < -0.39 is 10.0 Å². The molecule has 17 heavy (non-hydrogen) atoms. The molecule has 0 aliphatic carbocycles. The average Bonchev–Trinajstić information content (AvgIpc) is 2.15. The summed E-state index contributed by atoms with van der Waals surface area (Å²) >= 11 is 0. The van der Waals surface area contributed by atoms with Crippen LogP contribution in [-0.2, 0) is 14.8 Å². The molecule has 0 aliphatic rings. The normalized spacial score (nSPS) is 13.4. The van der Waals surface area contributed by atoms with Crippen molar-refractivity contribution < 1.29 is 13.2 Å². The van der Waals surface area contributed by atoms with Crippen LogP contribution in [0.25, 0.3) is 0 Å². The molecule has 0 fully saturated rings. The molecular weight excluding hydrogens is 242 g/mol. The molecule has 1 atom stereocenters. The molecule has 7 heteroatoms. The Hall–Kier alpha value is -0.660. The van der Waals surface area contributed by atoms with Gasteiger partial charge < -0.3 is 11.1 Å². The topological polar surface area (TPSA) is 101 Å². The summed E-state index contributed by atoms with van der Waals surface area (Å²) in [7, 11) is -3.13. The Morgan fingerprint density at radius 1 is 1.35 bits per heavy atom. The number of nitrogens with two attached hydrogens (primary N) is 1. The Kier molecular flexibility index (Phi) is 8.11. The quantitative estimate of drug-likeness (QED) is 0.492. The van der Waals surface area contributed by atoms with Crippen molar-refractivity contribution in [3.63, 3.8) is 0 Å². The van der Waals surface area contributed by atoms with Crippen molar-refractivity contribution in [2.45, 2.75) is 38.6 Å². The van der Waals surface area contributed by atoms with Gasteiger partial charge in [0, 0.05) is 25.6 Å². The highest BCUT2D eigenvalue weighted by molar-refractivity contribution is 7.88. The van der Waals surface area contributed by atoms with Crippen molar-refractivity contribution in [1.29, 1.82) is 0 Å². The first kappa shape index (κ1) is 16.3. The summed E-state index contributed by atoms with van der Waals surface area (Å²) in [6, 6.07) is -0.0888. The molecule has 0 bridgehead atoms. The van der Waals surface area contributed by atoms with Gasteiger partial charge in [0.25, 0.3) is 0 Å². The molecule has 0 rings (SSSR count). The van der Waals surface area contributed by atoms with Gasteiger partial charge in [-0.1, -0.05) is 13.3 Å². The predicted octanol–water partition coefficient (Wildman–Crippen LogP) is -0.441. The zero-order valence-electron chi connectivity index (χ0n) is 10.5. The molecule has 0 aromatic carbocycles. The van der Waals surface area contributed by atoms with E-state index in [0.717, 1.165) is 19.1 Å². The molecule has 6 nitrogen and oxygen atoms in total. The van der Waals surface area contributed by atoms with Gasteiger partial charge >= 0.3 is 0 Å². The number of nitrogens with one attached hydrogen (secondary N) is 2. The standard InChI is InChI=1S/C10H23N3O3S/c1-3-5-9(11)8-10(14)12-6-4-7-13-17(2,15)16/h9,13H,3-8,11H2,1-2H3,(H,12,14). The molecule has 0 radical (unpaired) electrons. The van der Waals surface area contributed by atoms with Crippen LogP contribution in [0.15, 0.2) is 0 Å². The fourth-order valence-corrected chi connectivity index (χ4v) is 1.87. The number of hydrogen-bond donors (Lipinski definition) is 3. The molecule has 0 heterocycles. The fourth-order valence-electron chi connectivity index (χ4n) is 1.36. The first-order valence-corrected chi connectivity index (χ1v) is 7.71. The number of rotatable bonds is 9. The smallest absolute Gasteiger partial charge is 0.221 e. The van der Waals surface area contributed by atoms with Gasteiger partial charge in [-0.05, 0) is 12.8 Å². The van der Waals surface area contributed by atoms with Crippen LogP contribution in [0.5, 0.6) is 0 Å².